The van der Waals surface area contributed by atoms with Crippen molar-refractivity contribution in [3.05, 3.63) is 0 Å². The van der Waals surface area contributed by atoms with E-state index in [2.05, 4.69) is 20.8 Å². The van der Waals surface area contributed by atoms with E-state index in [-0.39, 0.29) is 5.41 Å². The lowest BCUT2D eigenvalue weighted by Crippen LogP contribution is -2.46. The molecule has 0 aliphatic heterocycles. The van der Waals surface area contributed by atoms with Gasteiger partial charge >= 0.3 is 0 Å². The van der Waals surface area contributed by atoms with E-state index in [9.17, 15) is 10.2 Å². The van der Waals surface area contributed by atoms with E-state index in [0.717, 1.165) is 19.3 Å². The number of aliphatic hydroxyl groups is 2. The molecule has 3 unspecified atom stereocenters. The lowest BCUT2D eigenvalue weighted by atomic mass is 9.66. The molecular weight excluding hydrogens is 188 g/mol. The smallest absolute Gasteiger partial charge is 0.0882 e. The third-order valence-electron chi connectivity index (χ3n) is 4.35. The molecule has 2 N–H and O–H groups in total. The van der Waals surface area contributed by atoms with Crippen molar-refractivity contribution in [1.29, 1.82) is 0 Å². The minimum atomic E-state index is -0.917. The van der Waals surface area contributed by atoms with Gasteiger partial charge in [0, 0.05) is 0 Å². The van der Waals surface area contributed by atoms with E-state index in [1.54, 1.807) is 6.92 Å². The van der Waals surface area contributed by atoms with E-state index in [4.69, 9.17) is 0 Å². The summed E-state index contributed by atoms with van der Waals surface area (Å²) in [5, 5.41) is 20.2. The van der Waals surface area contributed by atoms with Gasteiger partial charge in [-0.3, -0.25) is 0 Å². The van der Waals surface area contributed by atoms with Gasteiger partial charge in [-0.1, -0.05) is 33.6 Å². The van der Waals surface area contributed by atoms with Crippen molar-refractivity contribution in [2.45, 2.75) is 71.5 Å². The highest BCUT2D eigenvalue weighted by Crippen LogP contribution is 2.43. The van der Waals surface area contributed by atoms with Gasteiger partial charge in [-0.2, -0.15) is 0 Å². The molecule has 90 valence electrons. The lowest BCUT2D eigenvalue weighted by molar-refractivity contribution is -0.106. The van der Waals surface area contributed by atoms with Crippen LogP contribution in [-0.4, -0.2) is 21.9 Å². The third-order valence-corrected chi connectivity index (χ3v) is 4.35. The Hall–Kier alpha value is -0.0800. The molecular formula is C13H26O2. The van der Waals surface area contributed by atoms with Gasteiger partial charge in [-0.25, -0.2) is 0 Å². The Morgan fingerprint density at radius 1 is 1.20 bits per heavy atom. The van der Waals surface area contributed by atoms with Crippen molar-refractivity contribution in [3.8, 4) is 0 Å². The summed E-state index contributed by atoms with van der Waals surface area (Å²) >= 11 is 0. The average Bonchev–Trinajstić information content (AvgIpc) is 2.09. The van der Waals surface area contributed by atoms with Crippen LogP contribution >= 0.6 is 0 Å². The standard InChI is InChI=1S/C13H26O2/c1-10(2)12(3)8-6-5-7-11(14)13(4,15)9-12/h10-11,14-15H,5-9H2,1-4H3. The molecule has 2 nitrogen and oxygen atoms in total. The minimum absolute atomic E-state index is 0.158. The van der Waals surface area contributed by atoms with E-state index in [1.165, 1.54) is 6.42 Å². The number of hydrogen-bond acceptors (Lipinski definition) is 2. The first-order chi connectivity index (χ1) is 6.78. The van der Waals surface area contributed by atoms with Crippen LogP contribution in [0.1, 0.15) is 59.8 Å². The van der Waals surface area contributed by atoms with Crippen LogP contribution in [0, 0.1) is 11.3 Å². The zero-order valence-electron chi connectivity index (χ0n) is 10.6. The third kappa shape index (κ3) is 2.94. The summed E-state index contributed by atoms with van der Waals surface area (Å²) in [4.78, 5) is 0. The molecule has 1 aliphatic rings. The summed E-state index contributed by atoms with van der Waals surface area (Å²) in [6.45, 7) is 8.45. The molecule has 0 spiro atoms. The van der Waals surface area contributed by atoms with Crippen LogP contribution in [0.5, 0.6) is 0 Å². The lowest BCUT2D eigenvalue weighted by Gasteiger charge is -2.43. The molecule has 0 saturated heterocycles. The molecule has 0 aromatic heterocycles. The fourth-order valence-corrected chi connectivity index (χ4v) is 2.69. The summed E-state index contributed by atoms with van der Waals surface area (Å²) in [7, 11) is 0. The zero-order chi connectivity index (χ0) is 11.7. The zero-order valence-corrected chi connectivity index (χ0v) is 10.6. The topological polar surface area (TPSA) is 40.5 Å². The number of aliphatic hydroxyl groups excluding tert-OH is 1. The molecule has 1 fully saturated rings. The molecule has 0 amide bonds. The summed E-state index contributed by atoms with van der Waals surface area (Å²) in [6, 6.07) is 0. The van der Waals surface area contributed by atoms with Crippen molar-refractivity contribution in [2.75, 3.05) is 0 Å². The van der Waals surface area contributed by atoms with Crippen molar-refractivity contribution >= 4 is 0 Å². The van der Waals surface area contributed by atoms with Crippen molar-refractivity contribution in [3.63, 3.8) is 0 Å². The molecule has 3 atom stereocenters. The van der Waals surface area contributed by atoms with Crippen LogP contribution in [0.25, 0.3) is 0 Å². The quantitative estimate of drug-likeness (QED) is 0.704. The van der Waals surface area contributed by atoms with E-state index in [1.807, 2.05) is 0 Å². The monoisotopic (exact) mass is 214 g/mol. The Kier molecular flexibility index (Phi) is 3.83. The maximum atomic E-state index is 10.3. The molecule has 0 bridgehead atoms. The average molecular weight is 214 g/mol. The molecule has 0 aromatic rings. The number of rotatable bonds is 1. The molecule has 1 rings (SSSR count). The molecule has 1 saturated carbocycles. The maximum absolute atomic E-state index is 10.3. The molecule has 0 aromatic carbocycles. The van der Waals surface area contributed by atoms with Gasteiger partial charge in [0.2, 0.25) is 0 Å². The predicted octanol–water partition coefficient (Wildman–Crippen LogP) is 2.72. The van der Waals surface area contributed by atoms with Crippen LogP contribution in [0.15, 0.2) is 0 Å². The second kappa shape index (κ2) is 4.42. The van der Waals surface area contributed by atoms with E-state index < -0.39 is 11.7 Å². The van der Waals surface area contributed by atoms with Gasteiger partial charge < -0.3 is 10.2 Å². The van der Waals surface area contributed by atoms with Crippen molar-refractivity contribution in [1.82, 2.24) is 0 Å². The second-order valence-corrected chi connectivity index (χ2v) is 6.10. The van der Waals surface area contributed by atoms with Crippen molar-refractivity contribution in [2.24, 2.45) is 11.3 Å². The fraction of sp³-hybridized carbons (Fsp3) is 1.00. The summed E-state index contributed by atoms with van der Waals surface area (Å²) < 4.78 is 0. The van der Waals surface area contributed by atoms with Gasteiger partial charge in [0.1, 0.15) is 0 Å². The summed E-state index contributed by atoms with van der Waals surface area (Å²) in [6.07, 6.45) is 4.24. The first-order valence-electron chi connectivity index (χ1n) is 6.18. The van der Waals surface area contributed by atoms with Gasteiger partial charge in [-0.15, -0.1) is 0 Å². The van der Waals surface area contributed by atoms with Crippen LogP contribution in [-0.2, 0) is 0 Å². The van der Waals surface area contributed by atoms with E-state index >= 15 is 0 Å². The Morgan fingerprint density at radius 3 is 2.33 bits per heavy atom. The summed E-state index contributed by atoms with van der Waals surface area (Å²) in [5.41, 5.74) is -0.760. The number of hydrogen-bond donors (Lipinski definition) is 2. The molecule has 0 radical (unpaired) electrons. The molecule has 15 heavy (non-hydrogen) atoms. The Morgan fingerprint density at radius 2 is 1.80 bits per heavy atom. The molecule has 1 aliphatic carbocycles. The van der Waals surface area contributed by atoms with Crippen molar-refractivity contribution < 1.29 is 10.2 Å². The summed E-state index contributed by atoms with van der Waals surface area (Å²) in [5.74, 6) is 0.550. The second-order valence-electron chi connectivity index (χ2n) is 6.10. The van der Waals surface area contributed by atoms with Gasteiger partial charge in [-0.05, 0) is 37.5 Å². The predicted molar refractivity (Wildman–Crippen MR) is 62.7 cm³/mol. The van der Waals surface area contributed by atoms with Gasteiger partial charge in [0.05, 0.1) is 11.7 Å². The highest BCUT2D eigenvalue weighted by Gasteiger charge is 2.41. The van der Waals surface area contributed by atoms with Crippen LogP contribution < -0.4 is 0 Å². The minimum Gasteiger partial charge on any atom is -0.390 e. The van der Waals surface area contributed by atoms with Gasteiger partial charge in [0.15, 0.2) is 0 Å². The Labute approximate surface area is 93.7 Å². The Bertz CT molecular complexity index is 211. The van der Waals surface area contributed by atoms with Crippen LogP contribution in [0.2, 0.25) is 0 Å². The Balaban J connectivity index is 2.83. The molecule has 0 heterocycles. The highest BCUT2D eigenvalue weighted by atomic mass is 16.3. The SMILES string of the molecule is CC(C)C1(C)CCCCC(O)C(C)(O)C1. The highest BCUT2D eigenvalue weighted by molar-refractivity contribution is 4.92. The van der Waals surface area contributed by atoms with Crippen LogP contribution in [0.4, 0.5) is 0 Å². The first kappa shape index (κ1) is 13.0. The van der Waals surface area contributed by atoms with Crippen LogP contribution in [0.3, 0.4) is 0 Å². The fourth-order valence-electron chi connectivity index (χ4n) is 2.69. The first-order valence-corrected chi connectivity index (χ1v) is 6.18. The molecule has 2 heteroatoms. The maximum Gasteiger partial charge on any atom is 0.0882 e. The van der Waals surface area contributed by atoms with Gasteiger partial charge in [0.25, 0.3) is 0 Å². The normalized spacial score (nSPS) is 43.8. The van der Waals surface area contributed by atoms with E-state index in [0.29, 0.717) is 12.3 Å². The largest absolute Gasteiger partial charge is 0.390 e.